The summed E-state index contributed by atoms with van der Waals surface area (Å²) >= 11 is 0. The lowest BCUT2D eigenvalue weighted by atomic mass is 9.98. The quantitative estimate of drug-likeness (QED) is 0.587. The fraction of sp³-hybridized carbons (Fsp3) is 0.150. The number of nitrogens with zero attached hydrogens (tertiary/aromatic N) is 4. The van der Waals surface area contributed by atoms with Gasteiger partial charge in [0.2, 0.25) is 0 Å². The van der Waals surface area contributed by atoms with Crippen LogP contribution >= 0.6 is 0 Å². The highest BCUT2D eigenvalue weighted by Gasteiger charge is 2.33. The molecule has 0 aliphatic carbocycles. The molecule has 3 aromatic heterocycles. The summed E-state index contributed by atoms with van der Waals surface area (Å²) in [4.78, 5) is 21.2. The van der Waals surface area contributed by atoms with E-state index in [1.54, 1.807) is 18.5 Å². The monoisotopic (exact) mass is 359 g/mol. The highest BCUT2D eigenvalue weighted by molar-refractivity contribution is 5.88. The summed E-state index contributed by atoms with van der Waals surface area (Å²) in [5, 5.41) is 13.9. The first-order valence-electron chi connectivity index (χ1n) is 8.77. The molecule has 4 aromatic rings. The van der Waals surface area contributed by atoms with Gasteiger partial charge in [0.05, 0.1) is 28.8 Å². The zero-order valence-corrected chi connectivity index (χ0v) is 14.4. The van der Waals surface area contributed by atoms with Crippen LogP contribution in [-0.2, 0) is 6.42 Å². The number of hydrogen-bond acceptors (Lipinski definition) is 4. The number of benzene rings is 1. The SMILES string of the molecule is O=C(O)c1ccc(N2CCc3[nH]cnc3C2c2cc3ccccn3n2)cc1. The second-order valence-electron chi connectivity index (χ2n) is 6.60. The number of aromatic nitrogens is 4. The smallest absolute Gasteiger partial charge is 0.335 e. The third-order valence-electron chi connectivity index (χ3n) is 5.04. The first-order chi connectivity index (χ1) is 13.2. The average molecular weight is 359 g/mol. The summed E-state index contributed by atoms with van der Waals surface area (Å²) in [5.74, 6) is -0.924. The molecule has 7 heteroatoms. The van der Waals surface area contributed by atoms with Crippen LogP contribution in [0.4, 0.5) is 5.69 Å². The molecule has 0 bridgehead atoms. The van der Waals surface area contributed by atoms with E-state index in [1.165, 1.54) is 0 Å². The number of H-pyrrole nitrogens is 1. The maximum absolute atomic E-state index is 11.2. The zero-order valence-electron chi connectivity index (χ0n) is 14.4. The van der Waals surface area contributed by atoms with Crippen LogP contribution in [0.25, 0.3) is 5.52 Å². The van der Waals surface area contributed by atoms with E-state index in [9.17, 15) is 4.79 Å². The molecule has 1 atom stereocenters. The van der Waals surface area contributed by atoms with Gasteiger partial charge < -0.3 is 15.0 Å². The summed E-state index contributed by atoms with van der Waals surface area (Å²) in [7, 11) is 0. The van der Waals surface area contributed by atoms with E-state index in [-0.39, 0.29) is 11.6 Å². The Hall–Kier alpha value is -3.61. The molecule has 5 rings (SSSR count). The van der Waals surface area contributed by atoms with Gasteiger partial charge in [0, 0.05) is 30.5 Å². The van der Waals surface area contributed by atoms with Crippen LogP contribution in [0.1, 0.15) is 33.5 Å². The number of carboxylic acids is 1. The van der Waals surface area contributed by atoms with Crippen LogP contribution in [-0.4, -0.2) is 37.2 Å². The first-order valence-corrected chi connectivity index (χ1v) is 8.77. The van der Waals surface area contributed by atoms with Crippen LogP contribution in [0.15, 0.2) is 61.1 Å². The van der Waals surface area contributed by atoms with E-state index in [2.05, 4.69) is 20.9 Å². The summed E-state index contributed by atoms with van der Waals surface area (Å²) < 4.78 is 1.86. The van der Waals surface area contributed by atoms with Gasteiger partial charge in [-0.15, -0.1) is 0 Å². The van der Waals surface area contributed by atoms with Gasteiger partial charge in [0.1, 0.15) is 6.04 Å². The Morgan fingerprint density at radius 2 is 2.04 bits per heavy atom. The van der Waals surface area contributed by atoms with Crippen molar-refractivity contribution in [2.75, 3.05) is 11.4 Å². The van der Waals surface area contributed by atoms with Crippen molar-refractivity contribution in [1.82, 2.24) is 19.6 Å². The second-order valence-corrected chi connectivity index (χ2v) is 6.60. The Balaban J connectivity index is 1.62. The van der Waals surface area contributed by atoms with E-state index in [4.69, 9.17) is 10.2 Å². The minimum atomic E-state index is -0.924. The van der Waals surface area contributed by atoms with E-state index in [0.29, 0.717) is 0 Å². The van der Waals surface area contributed by atoms with Gasteiger partial charge in [-0.25, -0.2) is 14.3 Å². The van der Waals surface area contributed by atoms with Gasteiger partial charge in [-0.1, -0.05) is 6.07 Å². The minimum Gasteiger partial charge on any atom is -0.478 e. The van der Waals surface area contributed by atoms with Crippen molar-refractivity contribution in [1.29, 1.82) is 0 Å². The van der Waals surface area contributed by atoms with Crippen LogP contribution in [0, 0.1) is 0 Å². The van der Waals surface area contributed by atoms with Gasteiger partial charge >= 0.3 is 5.97 Å². The molecule has 27 heavy (non-hydrogen) atoms. The maximum atomic E-state index is 11.2. The van der Waals surface area contributed by atoms with Crippen molar-refractivity contribution in [3.8, 4) is 0 Å². The number of imidazole rings is 1. The Morgan fingerprint density at radius 3 is 2.81 bits per heavy atom. The number of pyridine rings is 1. The molecule has 2 N–H and O–H groups in total. The molecule has 7 nitrogen and oxygen atoms in total. The van der Waals surface area contributed by atoms with Crippen molar-refractivity contribution < 1.29 is 9.90 Å². The lowest BCUT2D eigenvalue weighted by molar-refractivity contribution is 0.0697. The zero-order chi connectivity index (χ0) is 18.4. The van der Waals surface area contributed by atoms with Crippen LogP contribution in [0.3, 0.4) is 0 Å². The number of anilines is 1. The largest absolute Gasteiger partial charge is 0.478 e. The number of carboxylic acid groups (broad SMARTS) is 1. The molecule has 0 radical (unpaired) electrons. The number of aromatic carboxylic acids is 1. The lowest BCUT2D eigenvalue weighted by Crippen LogP contribution is -2.36. The molecule has 0 saturated carbocycles. The molecule has 0 fully saturated rings. The molecular weight excluding hydrogens is 342 g/mol. The van der Waals surface area contributed by atoms with Crippen molar-refractivity contribution >= 4 is 17.2 Å². The van der Waals surface area contributed by atoms with E-state index < -0.39 is 5.97 Å². The molecule has 1 aliphatic rings. The van der Waals surface area contributed by atoms with Gasteiger partial charge in [0.15, 0.2) is 0 Å². The summed E-state index contributed by atoms with van der Waals surface area (Å²) in [6.07, 6.45) is 4.50. The first kappa shape index (κ1) is 15.6. The fourth-order valence-electron chi connectivity index (χ4n) is 3.74. The number of aromatic amines is 1. The molecular formula is C20H17N5O2. The molecule has 1 unspecified atom stereocenters. The summed E-state index contributed by atoms with van der Waals surface area (Å²) in [6.45, 7) is 0.792. The highest BCUT2D eigenvalue weighted by atomic mass is 16.4. The summed E-state index contributed by atoms with van der Waals surface area (Å²) in [5.41, 5.74) is 5.26. The van der Waals surface area contributed by atoms with Gasteiger partial charge in [0.25, 0.3) is 0 Å². The van der Waals surface area contributed by atoms with Crippen molar-refractivity contribution in [3.63, 3.8) is 0 Å². The Morgan fingerprint density at radius 1 is 1.19 bits per heavy atom. The molecule has 0 spiro atoms. The third kappa shape index (κ3) is 2.55. The van der Waals surface area contributed by atoms with Crippen molar-refractivity contribution in [3.05, 3.63) is 83.7 Å². The van der Waals surface area contributed by atoms with E-state index in [1.807, 2.05) is 41.0 Å². The lowest BCUT2D eigenvalue weighted by Gasteiger charge is -2.35. The van der Waals surface area contributed by atoms with Gasteiger partial charge in [-0.3, -0.25) is 0 Å². The maximum Gasteiger partial charge on any atom is 0.335 e. The summed E-state index contributed by atoms with van der Waals surface area (Å²) in [6, 6.07) is 14.9. The third-order valence-corrected chi connectivity index (χ3v) is 5.04. The van der Waals surface area contributed by atoms with Crippen LogP contribution in [0.5, 0.6) is 0 Å². The predicted molar refractivity (Wildman–Crippen MR) is 100 cm³/mol. The van der Waals surface area contributed by atoms with Crippen molar-refractivity contribution in [2.24, 2.45) is 0 Å². The minimum absolute atomic E-state index is 0.129. The van der Waals surface area contributed by atoms with Gasteiger partial charge in [-0.05, 0) is 42.5 Å². The molecule has 4 heterocycles. The second kappa shape index (κ2) is 5.98. The van der Waals surface area contributed by atoms with E-state index >= 15 is 0 Å². The van der Waals surface area contributed by atoms with Crippen LogP contribution < -0.4 is 4.90 Å². The van der Waals surface area contributed by atoms with Crippen LogP contribution in [0.2, 0.25) is 0 Å². The number of nitrogens with one attached hydrogen (secondary N) is 1. The standard InChI is InChI=1S/C20H17N5O2/c26-20(27)13-4-6-14(7-5-13)24-10-8-16-18(22-12-21-16)19(24)17-11-15-3-1-2-9-25(15)23-17/h1-7,9,11-12,19H,8,10H2,(H,21,22)(H,26,27). The molecule has 134 valence electrons. The highest BCUT2D eigenvalue weighted by Crippen LogP contribution is 2.36. The van der Waals surface area contributed by atoms with Gasteiger partial charge in [-0.2, -0.15) is 5.10 Å². The molecule has 0 amide bonds. The Kier molecular flexibility index (Phi) is 3.46. The topological polar surface area (TPSA) is 86.5 Å². The van der Waals surface area contributed by atoms with E-state index in [0.717, 1.165) is 41.3 Å². The molecule has 1 aromatic carbocycles. The Bertz CT molecular complexity index is 1100. The molecule has 0 saturated heterocycles. The predicted octanol–water partition coefficient (Wildman–Crippen LogP) is 2.91. The van der Waals surface area contributed by atoms with Crippen molar-refractivity contribution in [2.45, 2.75) is 12.5 Å². The average Bonchev–Trinajstić information content (AvgIpc) is 3.33. The number of hydrogen-bond donors (Lipinski definition) is 2. The number of fused-ring (bicyclic) bond motifs is 2. The normalized spacial score (nSPS) is 16.4. The number of rotatable bonds is 3. The Labute approximate surface area is 154 Å². The fourth-order valence-corrected chi connectivity index (χ4v) is 3.74. The number of carbonyl (C=O) groups is 1. The molecule has 1 aliphatic heterocycles.